The SMILES string of the molecule is CC(C)n1c(C2CC2(F)F)nc2c(F)cc(-c3nc(N[C@@H]4C[C@H]5CO[C@H](O5)[C@H]4O)ncc3Cl)cc21. The van der Waals surface area contributed by atoms with Gasteiger partial charge in [0.15, 0.2) is 12.1 Å². The Kier molecular flexibility index (Phi) is 5.26. The van der Waals surface area contributed by atoms with Crippen LogP contribution in [0.5, 0.6) is 0 Å². The van der Waals surface area contributed by atoms with Gasteiger partial charge in [0.05, 0.1) is 47.1 Å². The highest BCUT2D eigenvalue weighted by Crippen LogP contribution is 2.56. The Morgan fingerprint density at radius 2 is 2.06 bits per heavy atom. The highest BCUT2D eigenvalue weighted by Gasteiger charge is 2.60. The first-order valence-corrected chi connectivity index (χ1v) is 11.8. The number of halogens is 4. The number of aromatic nitrogens is 4. The minimum Gasteiger partial charge on any atom is -0.386 e. The van der Waals surface area contributed by atoms with Crippen molar-refractivity contribution in [2.24, 2.45) is 0 Å². The van der Waals surface area contributed by atoms with Crippen molar-refractivity contribution in [2.75, 3.05) is 11.9 Å². The standard InChI is InChI=1S/C23H23ClF3N5O3/c1-9(2)32-16-4-10(3-14(25)18(16)30-20(32)12-6-23(12,26)27)17-13(24)7-28-22(31-17)29-15-5-11-8-34-21(35-11)19(15)33/h3-4,7,9,11-12,15,19,21,33H,5-6,8H2,1-2H3,(H,28,29,31)/t11-,12?,15+,19-,21+/m0/s1. The van der Waals surface area contributed by atoms with Gasteiger partial charge in [-0.05, 0) is 32.4 Å². The molecule has 0 spiro atoms. The zero-order chi connectivity index (χ0) is 24.6. The first-order valence-electron chi connectivity index (χ1n) is 11.5. The third-order valence-corrected chi connectivity index (χ3v) is 7.02. The molecule has 6 rings (SSSR count). The minimum absolute atomic E-state index is 0.0319. The molecule has 1 saturated carbocycles. The summed E-state index contributed by atoms with van der Waals surface area (Å²) < 4.78 is 55.5. The van der Waals surface area contributed by atoms with E-state index in [1.54, 1.807) is 10.6 Å². The molecule has 4 heterocycles. The molecule has 1 aromatic carbocycles. The van der Waals surface area contributed by atoms with Gasteiger partial charge in [-0.1, -0.05) is 11.6 Å². The Bertz CT molecular complexity index is 1320. The van der Waals surface area contributed by atoms with Crippen LogP contribution in [0.25, 0.3) is 22.3 Å². The molecule has 8 nitrogen and oxygen atoms in total. The maximum atomic E-state index is 15.2. The quantitative estimate of drug-likeness (QED) is 0.530. The first kappa shape index (κ1) is 23.0. The van der Waals surface area contributed by atoms with E-state index in [0.29, 0.717) is 24.1 Å². The molecule has 3 aliphatic rings. The van der Waals surface area contributed by atoms with Crippen molar-refractivity contribution in [3.63, 3.8) is 0 Å². The molecule has 0 amide bonds. The Morgan fingerprint density at radius 3 is 2.77 bits per heavy atom. The Balaban J connectivity index is 1.38. The second-order valence-corrected chi connectivity index (χ2v) is 10.0. The summed E-state index contributed by atoms with van der Waals surface area (Å²) in [4.78, 5) is 12.9. The van der Waals surface area contributed by atoms with Crippen LogP contribution < -0.4 is 5.32 Å². The summed E-state index contributed by atoms with van der Waals surface area (Å²) in [6.07, 6.45) is -0.158. The maximum Gasteiger partial charge on any atom is 0.259 e. The summed E-state index contributed by atoms with van der Waals surface area (Å²) in [6.45, 7) is 4.08. The minimum atomic E-state index is -2.83. The average molecular weight is 510 g/mol. The van der Waals surface area contributed by atoms with E-state index in [1.165, 1.54) is 12.3 Å². The van der Waals surface area contributed by atoms with Crippen LogP contribution in [0.15, 0.2) is 18.3 Å². The van der Waals surface area contributed by atoms with Crippen molar-refractivity contribution in [3.8, 4) is 11.3 Å². The van der Waals surface area contributed by atoms with Crippen LogP contribution in [0.1, 0.15) is 44.5 Å². The van der Waals surface area contributed by atoms with Gasteiger partial charge >= 0.3 is 0 Å². The van der Waals surface area contributed by atoms with Crippen LogP contribution in [0.2, 0.25) is 5.02 Å². The summed E-state index contributed by atoms with van der Waals surface area (Å²) in [5.41, 5.74) is 1.05. The van der Waals surface area contributed by atoms with Gasteiger partial charge in [0, 0.05) is 18.0 Å². The van der Waals surface area contributed by atoms with E-state index in [4.69, 9.17) is 21.1 Å². The van der Waals surface area contributed by atoms with Gasteiger partial charge in [-0.15, -0.1) is 0 Å². The van der Waals surface area contributed by atoms with E-state index in [1.807, 2.05) is 13.8 Å². The highest BCUT2D eigenvalue weighted by molar-refractivity contribution is 6.33. The number of aliphatic hydroxyl groups excluding tert-OH is 1. The van der Waals surface area contributed by atoms with E-state index in [9.17, 15) is 13.9 Å². The summed E-state index contributed by atoms with van der Waals surface area (Å²) >= 11 is 6.38. The number of alkyl halides is 2. The van der Waals surface area contributed by atoms with Crippen LogP contribution in [-0.2, 0) is 9.47 Å². The maximum absolute atomic E-state index is 15.2. The molecule has 186 valence electrons. The third kappa shape index (κ3) is 3.85. The lowest BCUT2D eigenvalue weighted by molar-refractivity contribution is -0.156. The average Bonchev–Trinajstić information content (AvgIpc) is 3.13. The number of nitrogens with zero attached hydrogens (tertiary/aromatic N) is 4. The van der Waals surface area contributed by atoms with Gasteiger partial charge in [0.25, 0.3) is 5.92 Å². The fourth-order valence-corrected chi connectivity index (χ4v) is 5.12. The van der Waals surface area contributed by atoms with Crippen molar-refractivity contribution < 1.29 is 27.8 Å². The zero-order valence-corrected chi connectivity index (χ0v) is 19.6. The van der Waals surface area contributed by atoms with Gasteiger partial charge in [-0.2, -0.15) is 0 Å². The number of aliphatic hydroxyl groups is 1. The van der Waals surface area contributed by atoms with E-state index in [0.717, 1.165) is 0 Å². The van der Waals surface area contributed by atoms with E-state index in [2.05, 4.69) is 20.3 Å². The predicted molar refractivity (Wildman–Crippen MR) is 121 cm³/mol. The van der Waals surface area contributed by atoms with Crippen LogP contribution in [-0.4, -0.2) is 61.7 Å². The smallest absolute Gasteiger partial charge is 0.259 e. The third-order valence-electron chi connectivity index (χ3n) is 6.74. The number of hydrogen-bond donors (Lipinski definition) is 2. The molecule has 1 unspecified atom stereocenters. The molecule has 1 aliphatic carbocycles. The van der Waals surface area contributed by atoms with Gasteiger partial charge in [0.2, 0.25) is 5.95 Å². The molecule has 2 saturated heterocycles. The number of benzene rings is 1. The second kappa shape index (κ2) is 8.02. The fourth-order valence-electron chi connectivity index (χ4n) is 4.92. The molecule has 2 aliphatic heterocycles. The van der Waals surface area contributed by atoms with Crippen LogP contribution >= 0.6 is 11.6 Å². The molecule has 12 heteroatoms. The van der Waals surface area contributed by atoms with Gasteiger partial charge in [-0.25, -0.2) is 28.1 Å². The lowest BCUT2D eigenvalue weighted by Crippen LogP contribution is -2.48. The Hall–Kier alpha value is -2.47. The number of nitrogens with one attached hydrogen (secondary N) is 1. The number of hydrogen-bond acceptors (Lipinski definition) is 7. The van der Waals surface area contributed by atoms with Crippen molar-refractivity contribution in [2.45, 2.75) is 69.1 Å². The molecule has 2 N–H and O–H groups in total. The number of anilines is 1. The highest BCUT2D eigenvalue weighted by atomic mass is 35.5. The second-order valence-electron chi connectivity index (χ2n) is 9.60. The number of ether oxygens (including phenoxy) is 2. The lowest BCUT2D eigenvalue weighted by Gasteiger charge is -2.32. The summed E-state index contributed by atoms with van der Waals surface area (Å²) in [5.74, 6) is -4.13. The lowest BCUT2D eigenvalue weighted by atomic mass is 10.0. The Morgan fingerprint density at radius 1 is 1.29 bits per heavy atom. The van der Waals surface area contributed by atoms with Crippen molar-refractivity contribution in [1.82, 2.24) is 19.5 Å². The zero-order valence-electron chi connectivity index (χ0n) is 18.9. The van der Waals surface area contributed by atoms with Crippen LogP contribution in [0.3, 0.4) is 0 Å². The van der Waals surface area contributed by atoms with Gasteiger partial charge in [0.1, 0.15) is 17.4 Å². The van der Waals surface area contributed by atoms with Crippen LogP contribution in [0, 0.1) is 5.82 Å². The molecule has 0 radical (unpaired) electrons. The summed E-state index contributed by atoms with van der Waals surface area (Å²) in [5, 5.41) is 13.8. The number of imidazole rings is 1. The summed E-state index contributed by atoms with van der Waals surface area (Å²) in [6, 6.07) is 2.28. The van der Waals surface area contributed by atoms with Crippen molar-refractivity contribution in [3.05, 3.63) is 35.0 Å². The van der Waals surface area contributed by atoms with Crippen molar-refractivity contribution in [1.29, 1.82) is 0 Å². The molecule has 5 atom stereocenters. The van der Waals surface area contributed by atoms with Gasteiger partial charge < -0.3 is 24.5 Å². The monoisotopic (exact) mass is 509 g/mol. The van der Waals surface area contributed by atoms with Crippen LogP contribution in [0.4, 0.5) is 19.1 Å². The predicted octanol–water partition coefficient (Wildman–Crippen LogP) is 4.28. The van der Waals surface area contributed by atoms with Gasteiger partial charge in [-0.3, -0.25) is 0 Å². The normalized spacial score (nSPS) is 29.2. The molecular weight excluding hydrogens is 487 g/mol. The number of rotatable bonds is 5. The molecular formula is C23H23ClF3N5O3. The largest absolute Gasteiger partial charge is 0.386 e. The topological polar surface area (TPSA) is 94.3 Å². The molecule has 3 aromatic rings. The van der Waals surface area contributed by atoms with E-state index in [-0.39, 0.29) is 46.6 Å². The molecule has 35 heavy (non-hydrogen) atoms. The van der Waals surface area contributed by atoms with E-state index < -0.39 is 36.1 Å². The fraction of sp³-hybridized carbons (Fsp3) is 0.522. The van der Waals surface area contributed by atoms with Crippen molar-refractivity contribution >= 4 is 28.6 Å². The Labute approximate surface area is 203 Å². The first-order chi connectivity index (χ1) is 16.6. The molecule has 2 bridgehead atoms. The summed E-state index contributed by atoms with van der Waals surface area (Å²) in [7, 11) is 0. The molecule has 2 aromatic heterocycles. The van der Waals surface area contributed by atoms with E-state index >= 15 is 4.39 Å². The molecule has 3 fully saturated rings. The number of fused-ring (bicyclic) bond motifs is 3.